The van der Waals surface area contributed by atoms with E-state index in [-0.39, 0.29) is 11.7 Å². The van der Waals surface area contributed by atoms with Gasteiger partial charge in [-0.25, -0.2) is 0 Å². The fourth-order valence-electron chi connectivity index (χ4n) is 1.53. The molecule has 0 aliphatic rings. The molecule has 6 heteroatoms. The number of halogens is 3. The van der Waals surface area contributed by atoms with Crippen molar-refractivity contribution >= 4 is 5.69 Å². The summed E-state index contributed by atoms with van der Waals surface area (Å²) in [4.78, 5) is 0. The number of ether oxygens (including phenoxy) is 2. The van der Waals surface area contributed by atoms with Gasteiger partial charge in [0.05, 0.1) is 12.3 Å². The Bertz CT molecular complexity index is 382. The lowest BCUT2D eigenvalue weighted by molar-refractivity contribution is -0.153. The van der Waals surface area contributed by atoms with Gasteiger partial charge in [0.25, 0.3) is 0 Å². The fraction of sp³-hybridized carbons (Fsp3) is 0.538. The molecule has 0 aliphatic carbocycles. The molecule has 0 saturated heterocycles. The van der Waals surface area contributed by atoms with E-state index in [0.717, 1.165) is 0 Å². The molecule has 0 spiro atoms. The van der Waals surface area contributed by atoms with Crippen LogP contribution in [0.4, 0.5) is 18.9 Å². The lowest BCUT2D eigenvalue weighted by Crippen LogP contribution is -2.20. The maximum absolute atomic E-state index is 12.1. The second-order valence-electron chi connectivity index (χ2n) is 4.34. The van der Waals surface area contributed by atoms with Crippen LogP contribution < -0.4 is 10.1 Å². The topological polar surface area (TPSA) is 30.5 Å². The van der Waals surface area contributed by atoms with E-state index < -0.39 is 12.8 Å². The number of benzene rings is 1. The van der Waals surface area contributed by atoms with Gasteiger partial charge in [-0.05, 0) is 18.1 Å². The van der Waals surface area contributed by atoms with Crippen LogP contribution in [-0.2, 0) is 4.74 Å². The van der Waals surface area contributed by atoms with E-state index in [9.17, 15) is 13.2 Å². The summed E-state index contributed by atoms with van der Waals surface area (Å²) in [5.74, 6) is 0.449. The molecule has 108 valence electrons. The molecule has 0 saturated carbocycles. The first kappa shape index (κ1) is 15.6. The average Bonchev–Trinajstić information content (AvgIpc) is 2.34. The van der Waals surface area contributed by atoms with Crippen LogP contribution in [0.1, 0.15) is 6.92 Å². The zero-order valence-corrected chi connectivity index (χ0v) is 11.0. The highest BCUT2D eigenvalue weighted by atomic mass is 19.4. The first-order chi connectivity index (χ1) is 8.92. The summed E-state index contributed by atoms with van der Waals surface area (Å²) in [5, 5.41) is 3.06. The van der Waals surface area contributed by atoms with E-state index >= 15 is 0 Å². The number of para-hydroxylation sites is 2. The molecule has 0 bridgehead atoms. The molecule has 1 atom stereocenters. The highest BCUT2D eigenvalue weighted by molar-refractivity contribution is 5.56. The van der Waals surface area contributed by atoms with Crippen molar-refractivity contribution in [3.8, 4) is 5.75 Å². The van der Waals surface area contributed by atoms with Gasteiger partial charge < -0.3 is 14.8 Å². The predicted molar refractivity (Wildman–Crippen MR) is 67.5 cm³/mol. The van der Waals surface area contributed by atoms with Crippen LogP contribution in [0.2, 0.25) is 0 Å². The average molecular weight is 277 g/mol. The van der Waals surface area contributed by atoms with Gasteiger partial charge in [-0.1, -0.05) is 19.1 Å². The number of methoxy groups -OCH3 is 1. The Kier molecular flexibility index (Phi) is 5.95. The largest absolute Gasteiger partial charge is 0.482 e. The lowest BCUT2D eigenvalue weighted by atomic mass is 10.2. The van der Waals surface area contributed by atoms with Crippen LogP contribution in [0, 0.1) is 5.92 Å². The Morgan fingerprint density at radius 2 is 1.95 bits per heavy atom. The van der Waals surface area contributed by atoms with Crippen molar-refractivity contribution in [2.24, 2.45) is 5.92 Å². The SMILES string of the molecule is COCC(C)CNc1ccccc1OCC(F)(F)F. The highest BCUT2D eigenvalue weighted by Crippen LogP contribution is 2.26. The number of anilines is 1. The normalized spacial score (nSPS) is 13.1. The molecule has 1 aromatic rings. The molecule has 1 aromatic carbocycles. The molecule has 0 aromatic heterocycles. The summed E-state index contributed by atoms with van der Waals surface area (Å²) in [6, 6.07) is 6.57. The summed E-state index contributed by atoms with van der Waals surface area (Å²) >= 11 is 0. The predicted octanol–water partition coefficient (Wildman–Crippen LogP) is 3.32. The van der Waals surface area contributed by atoms with Crippen LogP contribution in [0.5, 0.6) is 5.75 Å². The van der Waals surface area contributed by atoms with Crippen LogP contribution in [-0.4, -0.2) is 33.0 Å². The van der Waals surface area contributed by atoms with Crippen molar-refractivity contribution in [3.63, 3.8) is 0 Å². The summed E-state index contributed by atoms with van der Waals surface area (Å²) < 4.78 is 46.1. The maximum Gasteiger partial charge on any atom is 0.422 e. The van der Waals surface area contributed by atoms with E-state index in [0.29, 0.717) is 18.8 Å². The Balaban J connectivity index is 2.57. The zero-order valence-electron chi connectivity index (χ0n) is 11.0. The van der Waals surface area contributed by atoms with Crippen LogP contribution in [0.3, 0.4) is 0 Å². The first-order valence-corrected chi connectivity index (χ1v) is 5.93. The van der Waals surface area contributed by atoms with Gasteiger partial charge in [0, 0.05) is 13.7 Å². The van der Waals surface area contributed by atoms with Gasteiger partial charge in [0.15, 0.2) is 6.61 Å². The third-order valence-electron chi connectivity index (χ3n) is 2.37. The summed E-state index contributed by atoms with van der Waals surface area (Å²) in [6.45, 7) is 1.87. The van der Waals surface area contributed by atoms with E-state index in [1.54, 1.807) is 25.3 Å². The Morgan fingerprint density at radius 3 is 2.58 bits per heavy atom. The summed E-state index contributed by atoms with van der Waals surface area (Å²) in [5.41, 5.74) is 0.551. The monoisotopic (exact) mass is 277 g/mol. The van der Waals surface area contributed by atoms with E-state index in [1.807, 2.05) is 6.92 Å². The number of hydrogen-bond acceptors (Lipinski definition) is 3. The Hall–Kier alpha value is -1.43. The van der Waals surface area contributed by atoms with Crippen LogP contribution in [0.15, 0.2) is 24.3 Å². The molecule has 0 amide bonds. The molecule has 0 heterocycles. The lowest BCUT2D eigenvalue weighted by Gasteiger charge is -2.16. The number of rotatable bonds is 7. The second kappa shape index (κ2) is 7.23. The molecule has 19 heavy (non-hydrogen) atoms. The Morgan fingerprint density at radius 1 is 1.26 bits per heavy atom. The fourth-order valence-corrected chi connectivity index (χ4v) is 1.53. The maximum atomic E-state index is 12.1. The minimum Gasteiger partial charge on any atom is -0.482 e. The molecule has 1 rings (SSSR count). The number of nitrogens with one attached hydrogen (secondary N) is 1. The molecular weight excluding hydrogens is 259 g/mol. The van der Waals surface area contributed by atoms with E-state index in [1.165, 1.54) is 6.07 Å². The van der Waals surface area contributed by atoms with Crippen molar-refractivity contribution < 1.29 is 22.6 Å². The molecule has 0 aliphatic heterocycles. The number of alkyl halides is 3. The van der Waals surface area contributed by atoms with E-state index in [4.69, 9.17) is 9.47 Å². The van der Waals surface area contributed by atoms with Crippen molar-refractivity contribution in [1.29, 1.82) is 0 Å². The first-order valence-electron chi connectivity index (χ1n) is 5.93. The van der Waals surface area contributed by atoms with Gasteiger partial charge in [-0.2, -0.15) is 13.2 Å². The molecule has 1 unspecified atom stereocenters. The van der Waals surface area contributed by atoms with Crippen LogP contribution in [0.25, 0.3) is 0 Å². The molecular formula is C13H18F3NO2. The third-order valence-corrected chi connectivity index (χ3v) is 2.37. The minimum absolute atomic E-state index is 0.199. The van der Waals surface area contributed by atoms with Crippen LogP contribution >= 0.6 is 0 Å². The molecule has 1 N–H and O–H groups in total. The third kappa shape index (κ3) is 6.33. The van der Waals surface area contributed by atoms with Crippen molar-refractivity contribution in [3.05, 3.63) is 24.3 Å². The van der Waals surface area contributed by atoms with Gasteiger partial charge in [-0.3, -0.25) is 0 Å². The van der Waals surface area contributed by atoms with Gasteiger partial charge in [0.1, 0.15) is 5.75 Å². The molecule has 0 fully saturated rings. The second-order valence-corrected chi connectivity index (χ2v) is 4.34. The van der Waals surface area contributed by atoms with Crippen molar-refractivity contribution in [1.82, 2.24) is 0 Å². The van der Waals surface area contributed by atoms with E-state index in [2.05, 4.69) is 5.32 Å². The zero-order chi connectivity index (χ0) is 14.3. The van der Waals surface area contributed by atoms with Gasteiger partial charge in [-0.15, -0.1) is 0 Å². The van der Waals surface area contributed by atoms with Gasteiger partial charge >= 0.3 is 6.18 Å². The minimum atomic E-state index is -4.34. The Labute approximate surface area is 110 Å². The molecule has 0 radical (unpaired) electrons. The molecule has 3 nitrogen and oxygen atoms in total. The standard InChI is InChI=1S/C13H18F3NO2/c1-10(8-18-2)7-17-11-5-3-4-6-12(11)19-9-13(14,15)16/h3-6,10,17H,7-9H2,1-2H3. The van der Waals surface area contributed by atoms with Gasteiger partial charge in [0.2, 0.25) is 0 Å². The smallest absolute Gasteiger partial charge is 0.422 e. The van der Waals surface area contributed by atoms with Crippen molar-refractivity contribution in [2.75, 3.05) is 32.2 Å². The number of hydrogen-bond donors (Lipinski definition) is 1. The summed E-state index contributed by atoms with van der Waals surface area (Å²) in [7, 11) is 1.61. The highest BCUT2D eigenvalue weighted by Gasteiger charge is 2.28. The quantitative estimate of drug-likeness (QED) is 0.829. The summed E-state index contributed by atoms with van der Waals surface area (Å²) in [6.07, 6.45) is -4.34. The van der Waals surface area contributed by atoms with Crippen molar-refractivity contribution in [2.45, 2.75) is 13.1 Å².